The predicted octanol–water partition coefficient (Wildman–Crippen LogP) is 3.46. The molecule has 134 valence electrons. The monoisotopic (exact) mass is 343 g/mol. The average molecular weight is 343 g/mol. The molecule has 0 radical (unpaired) electrons. The lowest BCUT2D eigenvalue weighted by Gasteiger charge is -2.08. The minimum Gasteiger partial charge on any atom is -0.454 e. The summed E-state index contributed by atoms with van der Waals surface area (Å²) in [6.45, 7) is 9.56. The maximum Gasteiger partial charge on any atom is 0.231 e. The van der Waals surface area contributed by atoms with Crippen LogP contribution in [0, 0.1) is 19.8 Å². The molecule has 1 aliphatic rings. The number of hydrogen-bond acceptors (Lipinski definition) is 4. The Labute approximate surface area is 148 Å². The first-order valence-electron chi connectivity index (χ1n) is 8.66. The molecule has 0 aliphatic carbocycles. The summed E-state index contributed by atoms with van der Waals surface area (Å²) in [7, 11) is 0. The van der Waals surface area contributed by atoms with Crippen LogP contribution in [0.3, 0.4) is 0 Å². The zero-order chi connectivity index (χ0) is 18.0. The number of aromatic nitrogens is 2. The molecular formula is C19H25N3O3. The lowest BCUT2D eigenvalue weighted by Crippen LogP contribution is -2.13. The van der Waals surface area contributed by atoms with Gasteiger partial charge >= 0.3 is 0 Å². The number of rotatable bonds is 6. The Balaban J connectivity index is 1.60. The average Bonchev–Trinajstić information content (AvgIpc) is 3.10. The van der Waals surface area contributed by atoms with E-state index in [-0.39, 0.29) is 12.7 Å². The fraction of sp³-hybridized carbons (Fsp3) is 0.474. The molecule has 1 amide bonds. The van der Waals surface area contributed by atoms with Gasteiger partial charge in [0.15, 0.2) is 11.5 Å². The molecule has 2 heterocycles. The Hall–Kier alpha value is -2.50. The highest BCUT2D eigenvalue weighted by atomic mass is 16.7. The highest BCUT2D eigenvalue weighted by Gasteiger charge is 2.16. The second-order valence-electron chi connectivity index (χ2n) is 6.84. The van der Waals surface area contributed by atoms with Gasteiger partial charge in [0.05, 0.1) is 5.69 Å². The smallest absolute Gasteiger partial charge is 0.231 e. The van der Waals surface area contributed by atoms with Crippen LogP contribution in [-0.4, -0.2) is 22.5 Å². The lowest BCUT2D eigenvalue weighted by molar-refractivity contribution is -0.116. The van der Waals surface area contributed by atoms with Crippen molar-refractivity contribution < 1.29 is 14.3 Å². The zero-order valence-electron chi connectivity index (χ0n) is 15.3. The Morgan fingerprint density at radius 1 is 1.28 bits per heavy atom. The van der Waals surface area contributed by atoms with Crippen LogP contribution >= 0.6 is 0 Å². The van der Waals surface area contributed by atoms with Crippen molar-refractivity contribution in [2.75, 3.05) is 12.1 Å². The molecule has 1 aromatic carbocycles. The first kappa shape index (κ1) is 17.3. The standard InChI is InChI=1S/C19H25N3O3/c1-12(2)10-22-14(4)16(13(3)21-22)6-8-19(23)20-15-5-7-17-18(9-15)25-11-24-17/h5,7,9,12H,6,8,10-11H2,1-4H3,(H,20,23). The van der Waals surface area contributed by atoms with E-state index < -0.39 is 0 Å². The number of nitrogens with zero attached hydrogens (tertiary/aromatic N) is 2. The molecule has 25 heavy (non-hydrogen) atoms. The fourth-order valence-corrected chi connectivity index (χ4v) is 3.06. The summed E-state index contributed by atoms with van der Waals surface area (Å²) in [4.78, 5) is 12.3. The van der Waals surface area contributed by atoms with E-state index >= 15 is 0 Å². The van der Waals surface area contributed by atoms with Gasteiger partial charge in [0, 0.05) is 30.4 Å². The number of carbonyl (C=O) groups excluding carboxylic acids is 1. The summed E-state index contributed by atoms with van der Waals surface area (Å²) in [5.74, 6) is 1.90. The second-order valence-corrected chi connectivity index (χ2v) is 6.84. The van der Waals surface area contributed by atoms with Gasteiger partial charge in [-0.2, -0.15) is 5.10 Å². The first-order valence-corrected chi connectivity index (χ1v) is 8.66. The minimum atomic E-state index is -0.0192. The van der Waals surface area contributed by atoms with Crippen molar-refractivity contribution in [3.8, 4) is 11.5 Å². The zero-order valence-corrected chi connectivity index (χ0v) is 15.3. The van der Waals surface area contributed by atoms with E-state index in [2.05, 4.69) is 31.2 Å². The number of ether oxygens (including phenoxy) is 2. The molecule has 1 aromatic heterocycles. The van der Waals surface area contributed by atoms with E-state index in [9.17, 15) is 4.79 Å². The van der Waals surface area contributed by atoms with Gasteiger partial charge in [-0.05, 0) is 43.9 Å². The van der Waals surface area contributed by atoms with Crippen molar-refractivity contribution in [1.82, 2.24) is 9.78 Å². The van der Waals surface area contributed by atoms with Gasteiger partial charge < -0.3 is 14.8 Å². The van der Waals surface area contributed by atoms with Crippen LogP contribution in [0.2, 0.25) is 0 Å². The molecule has 0 fully saturated rings. The van der Waals surface area contributed by atoms with Crippen molar-refractivity contribution in [1.29, 1.82) is 0 Å². The Bertz CT molecular complexity index is 780. The predicted molar refractivity (Wildman–Crippen MR) is 96.1 cm³/mol. The maximum atomic E-state index is 12.3. The largest absolute Gasteiger partial charge is 0.454 e. The molecule has 3 rings (SSSR count). The van der Waals surface area contributed by atoms with E-state index in [1.165, 1.54) is 5.56 Å². The van der Waals surface area contributed by atoms with Gasteiger partial charge in [0.2, 0.25) is 12.7 Å². The molecule has 0 unspecified atom stereocenters. The van der Waals surface area contributed by atoms with Crippen molar-refractivity contribution in [3.63, 3.8) is 0 Å². The summed E-state index contributed by atoms with van der Waals surface area (Å²) in [5.41, 5.74) is 4.05. The van der Waals surface area contributed by atoms with Crippen LogP contribution in [-0.2, 0) is 17.8 Å². The molecule has 0 atom stereocenters. The third kappa shape index (κ3) is 3.95. The topological polar surface area (TPSA) is 65.4 Å². The number of fused-ring (bicyclic) bond motifs is 1. The Kier molecular flexibility index (Phi) is 4.97. The number of nitrogens with one attached hydrogen (secondary N) is 1. The molecule has 0 saturated heterocycles. The van der Waals surface area contributed by atoms with Gasteiger partial charge in [-0.3, -0.25) is 9.48 Å². The molecular weight excluding hydrogens is 318 g/mol. The van der Waals surface area contributed by atoms with E-state index in [0.29, 0.717) is 30.3 Å². The molecule has 6 nitrogen and oxygen atoms in total. The molecule has 0 spiro atoms. The summed E-state index contributed by atoms with van der Waals surface area (Å²) in [6, 6.07) is 5.42. The third-order valence-electron chi connectivity index (χ3n) is 4.33. The maximum absolute atomic E-state index is 12.3. The van der Waals surface area contributed by atoms with Gasteiger partial charge in [0.25, 0.3) is 0 Å². The molecule has 1 N–H and O–H groups in total. The molecule has 1 aliphatic heterocycles. The quantitative estimate of drug-likeness (QED) is 0.872. The van der Waals surface area contributed by atoms with Crippen LogP contribution in [0.4, 0.5) is 5.69 Å². The summed E-state index contributed by atoms with van der Waals surface area (Å²) < 4.78 is 12.7. The lowest BCUT2D eigenvalue weighted by atomic mass is 10.1. The van der Waals surface area contributed by atoms with Crippen molar-refractivity contribution in [3.05, 3.63) is 35.2 Å². The number of amides is 1. The summed E-state index contributed by atoms with van der Waals surface area (Å²) in [6.07, 6.45) is 1.11. The SMILES string of the molecule is Cc1nn(CC(C)C)c(C)c1CCC(=O)Nc1ccc2c(c1)OCO2. The van der Waals surface area contributed by atoms with Gasteiger partial charge in [0.1, 0.15) is 0 Å². The van der Waals surface area contributed by atoms with Crippen LogP contribution in [0.15, 0.2) is 18.2 Å². The number of anilines is 1. The second kappa shape index (κ2) is 7.17. The highest BCUT2D eigenvalue weighted by Crippen LogP contribution is 2.34. The van der Waals surface area contributed by atoms with E-state index in [1.807, 2.05) is 23.7 Å². The molecule has 6 heteroatoms. The summed E-state index contributed by atoms with van der Waals surface area (Å²) in [5, 5.41) is 7.52. The van der Waals surface area contributed by atoms with Crippen molar-refractivity contribution >= 4 is 11.6 Å². The molecule has 0 bridgehead atoms. The van der Waals surface area contributed by atoms with Gasteiger partial charge in [-0.15, -0.1) is 0 Å². The molecule has 2 aromatic rings. The number of hydrogen-bond donors (Lipinski definition) is 1. The Morgan fingerprint density at radius 3 is 2.80 bits per heavy atom. The fourth-order valence-electron chi connectivity index (χ4n) is 3.06. The highest BCUT2D eigenvalue weighted by molar-refractivity contribution is 5.91. The first-order chi connectivity index (χ1) is 11.9. The normalized spacial score (nSPS) is 12.7. The summed E-state index contributed by atoms with van der Waals surface area (Å²) >= 11 is 0. The van der Waals surface area contributed by atoms with Crippen molar-refractivity contribution in [2.45, 2.75) is 47.1 Å². The van der Waals surface area contributed by atoms with E-state index in [4.69, 9.17) is 9.47 Å². The van der Waals surface area contributed by atoms with Gasteiger partial charge in [-0.25, -0.2) is 0 Å². The Morgan fingerprint density at radius 2 is 2.04 bits per heavy atom. The third-order valence-corrected chi connectivity index (χ3v) is 4.33. The van der Waals surface area contributed by atoms with Gasteiger partial charge in [-0.1, -0.05) is 13.8 Å². The molecule has 0 saturated carbocycles. The number of aryl methyl sites for hydroxylation is 1. The van der Waals surface area contributed by atoms with Crippen LogP contribution in [0.25, 0.3) is 0 Å². The number of carbonyl (C=O) groups is 1. The minimum absolute atomic E-state index is 0.0192. The van der Waals surface area contributed by atoms with Crippen LogP contribution in [0.5, 0.6) is 11.5 Å². The number of benzene rings is 1. The van der Waals surface area contributed by atoms with E-state index in [0.717, 1.165) is 23.6 Å². The van der Waals surface area contributed by atoms with Crippen LogP contribution in [0.1, 0.15) is 37.2 Å². The van der Waals surface area contributed by atoms with Crippen LogP contribution < -0.4 is 14.8 Å². The van der Waals surface area contributed by atoms with E-state index in [1.54, 1.807) is 6.07 Å². The van der Waals surface area contributed by atoms with Crippen molar-refractivity contribution in [2.24, 2.45) is 5.92 Å².